The normalized spacial score (nSPS) is 27.0. The molecule has 6 aromatic carbocycles. The molecule has 0 N–H and O–H groups in total. The summed E-state index contributed by atoms with van der Waals surface area (Å²) in [5, 5.41) is 2.57. The molecule has 3 heteroatoms. The van der Waals surface area contributed by atoms with Gasteiger partial charge in [-0.05, 0) is 213 Å². The van der Waals surface area contributed by atoms with Gasteiger partial charge in [0.05, 0.1) is 0 Å². The van der Waals surface area contributed by atoms with E-state index in [9.17, 15) is 0 Å². The first-order chi connectivity index (χ1) is 30.1. The van der Waals surface area contributed by atoms with Crippen molar-refractivity contribution < 1.29 is 0 Å². The number of rotatable bonds is 3. The van der Waals surface area contributed by atoms with Crippen molar-refractivity contribution in [3.63, 3.8) is 0 Å². The molecular formula is C60H65BN2. The molecule has 0 saturated heterocycles. The van der Waals surface area contributed by atoms with Gasteiger partial charge in [-0.2, -0.15) is 0 Å². The van der Waals surface area contributed by atoms with Gasteiger partial charge < -0.3 is 9.80 Å². The van der Waals surface area contributed by atoms with Crippen LogP contribution in [0.2, 0.25) is 0 Å². The summed E-state index contributed by atoms with van der Waals surface area (Å²) in [4.78, 5) is 5.35. The molecule has 2 nitrogen and oxygen atoms in total. The second-order valence-corrected chi connectivity index (χ2v) is 24.5. The molecule has 14 rings (SSSR count). The second kappa shape index (κ2) is 12.7. The number of hydrogen-bond donors (Lipinski definition) is 0. The molecule has 8 aliphatic rings. The summed E-state index contributed by atoms with van der Waals surface area (Å²) in [6.45, 7) is 20.1. The molecule has 2 aliphatic heterocycles. The molecule has 6 aliphatic carbocycles. The molecule has 0 radical (unpaired) electrons. The van der Waals surface area contributed by atoms with E-state index in [1.807, 2.05) is 0 Å². The maximum atomic E-state index is 2.72. The zero-order valence-electron chi connectivity index (χ0n) is 39.2. The van der Waals surface area contributed by atoms with E-state index < -0.39 is 0 Å². The van der Waals surface area contributed by atoms with E-state index in [-0.39, 0.29) is 28.4 Å². The number of nitrogens with zero attached hydrogens (tertiary/aromatic N) is 2. The lowest BCUT2D eigenvalue weighted by molar-refractivity contribution is -0.00518. The Bertz CT molecular complexity index is 2870. The lowest BCUT2D eigenvalue weighted by Crippen LogP contribution is -2.62. The van der Waals surface area contributed by atoms with Gasteiger partial charge in [-0.3, -0.25) is 0 Å². The predicted molar refractivity (Wildman–Crippen MR) is 268 cm³/mol. The molecule has 4 saturated carbocycles. The largest absolute Gasteiger partial charge is 0.311 e. The molecule has 318 valence electrons. The van der Waals surface area contributed by atoms with E-state index in [4.69, 9.17) is 0 Å². The quantitative estimate of drug-likeness (QED) is 0.164. The van der Waals surface area contributed by atoms with Gasteiger partial charge in [0, 0.05) is 34.1 Å². The SMILES string of the molecule is CC1(C)CCC(C)(C)c2cc3c(cc21)B1c2cc4c(cc2N(c2ccc5ccccc5c2)c2cccc(c21)N3c1ccc(C23CC5CC(CC(C5)C2)C3)cc1)C(C)(C)CCC4(C)C. The van der Waals surface area contributed by atoms with Crippen molar-refractivity contribution in [2.75, 3.05) is 9.80 Å². The highest BCUT2D eigenvalue weighted by atomic mass is 15.2. The van der Waals surface area contributed by atoms with Gasteiger partial charge in [-0.15, -0.1) is 0 Å². The zero-order valence-corrected chi connectivity index (χ0v) is 39.2. The summed E-state index contributed by atoms with van der Waals surface area (Å²) in [5.41, 5.74) is 20.8. The van der Waals surface area contributed by atoms with Crippen molar-refractivity contribution in [1.29, 1.82) is 0 Å². The van der Waals surface area contributed by atoms with Crippen LogP contribution >= 0.6 is 0 Å². The fraction of sp³-hybridized carbons (Fsp3) is 0.433. The van der Waals surface area contributed by atoms with Crippen LogP contribution in [-0.4, -0.2) is 6.71 Å². The highest BCUT2D eigenvalue weighted by Crippen LogP contribution is 2.61. The van der Waals surface area contributed by atoms with Crippen LogP contribution in [-0.2, 0) is 27.1 Å². The van der Waals surface area contributed by atoms with Crippen LogP contribution in [0.4, 0.5) is 34.1 Å². The third-order valence-corrected chi connectivity index (χ3v) is 18.7. The van der Waals surface area contributed by atoms with Crippen LogP contribution in [0, 0.1) is 17.8 Å². The molecule has 63 heavy (non-hydrogen) atoms. The van der Waals surface area contributed by atoms with Crippen molar-refractivity contribution in [3.05, 3.63) is 137 Å². The van der Waals surface area contributed by atoms with E-state index in [1.165, 1.54) is 137 Å². The monoisotopic (exact) mass is 825 g/mol. The van der Waals surface area contributed by atoms with Crippen molar-refractivity contribution in [3.8, 4) is 0 Å². The average molecular weight is 825 g/mol. The van der Waals surface area contributed by atoms with E-state index in [1.54, 1.807) is 16.7 Å². The Hall–Kier alpha value is -4.76. The Morgan fingerprint density at radius 1 is 0.429 bits per heavy atom. The second-order valence-electron chi connectivity index (χ2n) is 24.5. The van der Waals surface area contributed by atoms with E-state index in [2.05, 4.69) is 174 Å². The summed E-state index contributed by atoms with van der Waals surface area (Å²) < 4.78 is 0. The van der Waals surface area contributed by atoms with Gasteiger partial charge in [-0.25, -0.2) is 0 Å². The topological polar surface area (TPSA) is 6.48 Å². The van der Waals surface area contributed by atoms with Gasteiger partial charge in [0.2, 0.25) is 0 Å². The Labute approximate surface area is 377 Å². The third kappa shape index (κ3) is 5.50. The molecule has 4 fully saturated rings. The average Bonchev–Trinajstić information content (AvgIpc) is 3.25. The van der Waals surface area contributed by atoms with Gasteiger partial charge in [0.25, 0.3) is 6.71 Å². The van der Waals surface area contributed by atoms with Gasteiger partial charge >= 0.3 is 0 Å². The highest BCUT2D eigenvalue weighted by molar-refractivity contribution is 7.00. The van der Waals surface area contributed by atoms with Crippen molar-refractivity contribution >= 4 is 68.0 Å². The number of fused-ring (bicyclic) bond motifs is 7. The summed E-state index contributed by atoms with van der Waals surface area (Å²) in [5.74, 6) is 2.81. The summed E-state index contributed by atoms with van der Waals surface area (Å²) in [6, 6.07) is 44.2. The van der Waals surface area contributed by atoms with E-state index >= 15 is 0 Å². The van der Waals surface area contributed by atoms with Crippen LogP contribution < -0.4 is 26.2 Å². The summed E-state index contributed by atoms with van der Waals surface area (Å²) in [7, 11) is 0. The first-order valence-electron chi connectivity index (χ1n) is 24.8. The molecule has 2 heterocycles. The maximum absolute atomic E-state index is 2.72. The molecular weight excluding hydrogens is 759 g/mol. The number of benzene rings is 6. The van der Waals surface area contributed by atoms with Crippen molar-refractivity contribution in [2.24, 2.45) is 17.8 Å². The zero-order chi connectivity index (χ0) is 43.0. The summed E-state index contributed by atoms with van der Waals surface area (Å²) in [6.07, 6.45) is 13.5. The van der Waals surface area contributed by atoms with Gasteiger partial charge in [0.1, 0.15) is 0 Å². The Morgan fingerprint density at radius 2 is 0.873 bits per heavy atom. The Kier molecular flexibility index (Phi) is 7.82. The predicted octanol–water partition coefficient (Wildman–Crippen LogP) is 14.1. The first-order valence-corrected chi connectivity index (χ1v) is 24.8. The molecule has 0 atom stereocenters. The van der Waals surface area contributed by atoms with Crippen LogP contribution in [0.3, 0.4) is 0 Å². The number of anilines is 6. The van der Waals surface area contributed by atoms with Crippen LogP contribution in [0.15, 0.2) is 109 Å². The maximum Gasteiger partial charge on any atom is 0.252 e. The molecule has 0 aromatic heterocycles. The van der Waals surface area contributed by atoms with Crippen LogP contribution in [0.5, 0.6) is 0 Å². The lowest BCUT2D eigenvalue weighted by atomic mass is 9.32. The van der Waals surface area contributed by atoms with E-state index in [0.717, 1.165) is 17.8 Å². The molecule has 0 spiro atoms. The van der Waals surface area contributed by atoms with Crippen molar-refractivity contribution in [2.45, 2.75) is 147 Å². The van der Waals surface area contributed by atoms with Gasteiger partial charge in [0.15, 0.2) is 0 Å². The third-order valence-electron chi connectivity index (χ3n) is 18.7. The lowest BCUT2D eigenvalue weighted by Gasteiger charge is -2.57. The molecule has 4 bridgehead atoms. The number of hydrogen-bond acceptors (Lipinski definition) is 2. The molecule has 0 amide bonds. The Balaban J connectivity index is 1.08. The fourth-order valence-corrected chi connectivity index (χ4v) is 15.4. The molecule has 0 unspecified atom stereocenters. The Morgan fingerprint density at radius 3 is 1.38 bits per heavy atom. The fourth-order valence-electron chi connectivity index (χ4n) is 15.4. The minimum atomic E-state index is 0.0926. The highest BCUT2D eigenvalue weighted by Gasteiger charge is 2.52. The van der Waals surface area contributed by atoms with Gasteiger partial charge in [-0.1, -0.05) is 116 Å². The van der Waals surface area contributed by atoms with Crippen LogP contribution in [0.25, 0.3) is 10.8 Å². The van der Waals surface area contributed by atoms with Crippen molar-refractivity contribution in [1.82, 2.24) is 0 Å². The summed E-state index contributed by atoms with van der Waals surface area (Å²) >= 11 is 0. The smallest absolute Gasteiger partial charge is 0.252 e. The minimum Gasteiger partial charge on any atom is -0.311 e. The van der Waals surface area contributed by atoms with Crippen LogP contribution in [0.1, 0.15) is 147 Å². The minimum absolute atomic E-state index is 0.0926. The standard InChI is InChI=1S/C60H65BN2/c1-56(2)22-24-58(5,6)47-32-53-49(30-45(47)56)61-50-31-46-48(59(7,8)25-23-57(46,3)4)33-54(50)63(44-19-16-40-12-9-10-13-41(40)29-44)52-15-11-14-51(55(52)61)62(53)43-20-17-42(18-21-43)60-34-37-26-38(35-60)28-39(27-37)36-60/h9-21,29-33,37-39H,22-28,34-36H2,1-8H3. The first kappa shape index (κ1) is 38.7. The molecule has 6 aromatic rings. The van der Waals surface area contributed by atoms with E-state index in [0.29, 0.717) is 5.41 Å².